The van der Waals surface area contributed by atoms with Crippen molar-refractivity contribution in [3.8, 4) is 0 Å². The Hall–Kier alpha value is -0.900. The van der Waals surface area contributed by atoms with Gasteiger partial charge >= 0.3 is 0 Å². The van der Waals surface area contributed by atoms with Gasteiger partial charge in [-0.05, 0) is 177 Å². The van der Waals surface area contributed by atoms with E-state index in [0.717, 1.165) is 29.7 Å². The molecule has 1 spiro atoms. The SMILES string of the molecule is CC.CC(C)(C)C1CC2(CCN(C(C)(C)C)CC2)C1.CC(C)(C)N1CC2CCC(C2)C1.CC(C)(C)c1ccc2c(c1)CCN(C(C)(C)C)C2. The summed E-state index contributed by atoms with van der Waals surface area (Å²) in [4.78, 5) is 7.92. The van der Waals surface area contributed by atoms with Crippen LogP contribution in [0.1, 0.15) is 179 Å². The van der Waals surface area contributed by atoms with Crippen LogP contribution in [0.4, 0.5) is 0 Å². The highest BCUT2D eigenvalue weighted by Crippen LogP contribution is 2.58. The van der Waals surface area contributed by atoms with Crippen molar-refractivity contribution in [1.29, 1.82) is 0 Å². The van der Waals surface area contributed by atoms with Gasteiger partial charge in [0.1, 0.15) is 0 Å². The maximum Gasteiger partial charge on any atom is 0.0241 e. The Morgan fingerprint density at radius 1 is 0.592 bits per heavy atom. The molecule has 284 valence electrons. The van der Waals surface area contributed by atoms with Crippen LogP contribution in [-0.2, 0) is 18.4 Å². The van der Waals surface area contributed by atoms with Gasteiger partial charge in [0.25, 0.3) is 0 Å². The summed E-state index contributed by atoms with van der Waals surface area (Å²) in [5.41, 5.74) is 7.12. The number of hydrogen-bond acceptors (Lipinski definition) is 3. The third-order valence-electron chi connectivity index (χ3n) is 12.9. The van der Waals surface area contributed by atoms with Gasteiger partial charge in [0.2, 0.25) is 0 Å². The van der Waals surface area contributed by atoms with Gasteiger partial charge in [-0.2, -0.15) is 0 Å². The van der Waals surface area contributed by atoms with Crippen molar-refractivity contribution < 1.29 is 0 Å². The highest BCUT2D eigenvalue weighted by molar-refractivity contribution is 5.36. The molecule has 2 bridgehead atoms. The molecule has 0 aromatic heterocycles. The largest absolute Gasteiger partial charge is 0.298 e. The van der Waals surface area contributed by atoms with Crippen molar-refractivity contribution in [1.82, 2.24) is 14.7 Å². The Morgan fingerprint density at radius 2 is 1.08 bits per heavy atom. The van der Waals surface area contributed by atoms with Gasteiger partial charge in [-0.25, -0.2) is 0 Å². The molecule has 2 saturated carbocycles. The van der Waals surface area contributed by atoms with E-state index in [-0.39, 0.29) is 11.0 Å². The minimum atomic E-state index is 0.260. The van der Waals surface area contributed by atoms with Crippen LogP contribution in [-0.4, -0.2) is 64.0 Å². The molecule has 0 radical (unpaired) electrons. The average Bonchev–Trinajstić information content (AvgIpc) is 3.31. The summed E-state index contributed by atoms with van der Waals surface area (Å²) in [7, 11) is 0. The lowest BCUT2D eigenvalue weighted by molar-refractivity contribution is -0.0701. The van der Waals surface area contributed by atoms with Crippen LogP contribution in [0.5, 0.6) is 0 Å². The summed E-state index contributed by atoms with van der Waals surface area (Å²) in [6.45, 7) is 46.8. The molecule has 3 heterocycles. The van der Waals surface area contributed by atoms with Crippen LogP contribution in [0.2, 0.25) is 0 Å². The molecule has 2 unspecified atom stereocenters. The van der Waals surface area contributed by atoms with Gasteiger partial charge in [0.05, 0.1) is 0 Å². The van der Waals surface area contributed by atoms with E-state index >= 15 is 0 Å². The first kappa shape index (κ1) is 42.5. The Labute approximate surface area is 307 Å². The van der Waals surface area contributed by atoms with E-state index in [4.69, 9.17) is 0 Å². The first-order valence-corrected chi connectivity index (χ1v) is 20.7. The number of piperidine rings is 2. The number of likely N-dealkylation sites (tertiary alicyclic amines) is 2. The Balaban J connectivity index is 0.000000197. The van der Waals surface area contributed by atoms with Crippen molar-refractivity contribution in [3.63, 3.8) is 0 Å². The maximum absolute atomic E-state index is 2.68. The topological polar surface area (TPSA) is 9.72 Å². The lowest BCUT2D eigenvalue weighted by Crippen LogP contribution is -2.53. The third-order valence-corrected chi connectivity index (χ3v) is 12.9. The second-order valence-electron chi connectivity index (χ2n) is 21.8. The van der Waals surface area contributed by atoms with Crippen LogP contribution in [0.3, 0.4) is 0 Å². The fraction of sp³-hybridized carbons (Fsp3) is 0.870. The smallest absolute Gasteiger partial charge is 0.0241 e. The lowest BCUT2D eigenvalue weighted by atomic mass is 9.51. The summed E-state index contributed by atoms with van der Waals surface area (Å²) >= 11 is 0. The fourth-order valence-electron chi connectivity index (χ4n) is 9.01. The molecular weight excluding hydrogens is 595 g/mol. The Kier molecular flexibility index (Phi) is 13.9. The zero-order valence-electron chi connectivity index (χ0n) is 36.2. The summed E-state index contributed by atoms with van der Waals surface area (Å²) in [5.74, 6) is 3.04. The second-order valence-corrected chi connectivity index (χ2v) is 21.8. The van der Waals surface area contributed by atoms with Crippen LogP contribution in [0.15, 0.2) is 18.2 Å². The molecule has 3 nitrogen and oxygen atoms in total. The van der Waals surface area contributed by atoms with E-state index in [0.29, 0.717) is 16.5 Å². The number of fused-ring (bicyclic) bond motifs is 3. The van der Waals surface area contributed by atoms with E-state index < -0.39 is 0 Å². The summed E-state index contributed by atoms with van der Waals surface area (Å²) < 4.78 is 0. The molecule has 6 rings (SSSR count). The molecule has 1 aromatic carbocycles. The van der Waals surface area contributed by atoms with Crippen molar-refractivity contribution >= 4 is 0 Å². The van der Waals surface area contributed by atoms with E-state index in [1.54, 1.807) is 5.56 Å². The number of rotatable bonds is 0. The molecule has 49 heavy (non-hydrogen) atoms. The van der Waals surface area contributed by atoms with Gasteiger partial charge < -0.3 is 0 Å². The predicted molar refractivity (Wildman–Crippen MR) is 218 cm³/mol. The van der Waals surface area contributed by atoms with Gasteiger partial charge in [0.15, 0.2) is 0 Å². The molecular formula is C46H85N3. The minimum Gasteiger partial charge on any atom is -0.298 e. The number of benzene rings is 1. The zero-order chi connectivity index (χ0) is 37.2. The summed E-state index contributed by atoms with van der Waals surface area (Å²) in [5, 5.41) is 0. The lowest BCUT2D eigenvalue weighted by Gasteiger charge is -2.57. The molecule has 0 amide bonds. The molecule has 4 fully saturated rings. The van der Waals surface area contributed by atoms with E-state index in [2.05, 4.69) is 137 Å². The first-order chi connectivity index (χ1) is 22.4. The number of nitrogens with zero attached hydrogens (tertiary/aromatic N) is 3. The molecule has 0 N–H and O–H groups in total. The van der Waals surface area contributed by atoms with Crippen LogP contribution >= 0.6 is 0 Å². The molecule has 2 atom stereocenters. The standard InChI is InChI=1S/C17H27N.C16H31N.C11H21N.C2H6/c1-16(2,3)15-8-7-14-12-18(17(4,5)6)10-9-13(14)11-15;1-14(2,3)13-11-16(12-13)7-9-17(10-8-16)15(4,5)6;1-11(2,3)12-7-9-4-5-10(6-9)8-12;1-2/h7-8,11H,9-10,12H2,1-6H3;13H,7-12H2,1-6H3;9-10H,4-8H2,1-3H3;1-2H3. The quantitative estimate of drug-likeness (QED) is 0.270. The van der Waals surface area contributed by atoms with Gasteiger partial charge in [0, 0.05) is 42.8 Å². The average molecular weight is 680 g/mol. The van der Waals surface area contributed by atoms with Gasteiger partial charge in [-0.1, -0.05) is 73.6 Å². The number of hydrogen-bond donors (Lipinski definition) is 0. The zero-order valence-corrected chi connectivity index (χ0v) is 36.2. The minimum absolute atomic E-state index is 0.260. The van der Waals surface area contributed by atoms with Gasteiger partial charge in [-0.3, -0.25) is 14.7 Å². The summed E-state index contributed by atoms with van der Waals surface area (Å²) in [6.07, 6.45) is 11.6. The van der Waals surface area contributed by atoms with Crippen molar-refractivity contribution in [2.75, 3.05) is 32.7 Å². The third kappa shape index (κ3) is 11.8. The molecule has 5 aliphatic rings. The highest BCUT2D eigenvalue weighted by Gasteiger charge is 2.50. The van der Waals surface area contributed by atoms with Crippen molar-refractivity contribution in [2.24, 2.45) is 28.6 Å². The molecule has 3 aliphatic heterocycles. The van der Waals surface area contributed by atoms with E-state index in [1.807, 2.05) is 13.8 Å². The second kappa shape index (κ2) is 16.0. The van der Waals surface area contributed by atoms with Crippen LogP contribution in [0, 0.1) is 28.6 Å². The van der Waals surface area contributed by atoms with Crippen LogP contribution in [0.25, 0.3) is 0 Å². The van der Waals surface area contributed by atoms with Crippen molar-refractivity contribution in [2.45, 2.75) is 198 Å². The van der Waals surface area contributed by atoms with Crippen LogP contribution < -0.4 is 0 Å². The first-order valence-electron chi connectivity index (χ1n) is 20.7. The van der Waals surface area contributed by atoms with E-state index in [9.17, 15) is 0 Å². The monoisotopic (exact) mass is 680 g/mol. The van der Waals surface area contributed by atoms with E-state index in [1.165, 1.54) is 95.2 Å². The fourth-order valence-corrected chi connectivity index (χ4v) is 9.01. The molecule has 2 saturated heterocycles. The summed E-state index contributed by atoms with van der Waals surface area (Å²) in [6, 6.07) is 7.08. The van der Waals surface area contributed by atoms with Gasteiger partial charge in [-0.15, -0.1) is 0 Å². The molecule has 3 heteroatoms. The molecule has 2 aliphatic carbocycles. The Morgan fingerprint density at radius 3 is 1.51 bits per heavy atom. The normalized spacial score (nSPS) is 25.2. The van der Waals surface area contributed by atoms with Crippen molar-refractivity contribution in [3.05, 3.63) is 34.9 Å². The highest BCUT2D eigenvalue weighted by atomic mass is 15.2. The Bertz CT molecular complexity index is 1130. The predicted octanol–water partition coefficient (Wildman–Crippen LogP) is 12.0. The maximum atomic E-state index is 2.68. The molecule has 1 aromatic rings.